The van der Waals surface area contributed by atoms with Crippen LogP contribution in [0.5, 0.6) is 11.5 Å². The van der Waals surface area contributed by atoms with Gasteiger partial charge in [0.25, 0.3) is 0 Å². The van der Waals surface area contributed by atoms with Crippen LogP contribution in [-0.4, -0.2) is 4.98 Å². The number of hydrogen-bond acceptors (Lipinski definition) is 4. The molecule has 0 aliphatic heterocycles. The summed E-state index contributed by atoms with van der Waals surface area (Å²) in [6, 6.07) is 6.24. The van der Waals surface area contributed by atoms with Crippen molar-refractivity contribution in [2.45, 2.75) is 0 Å². The monoisotopic (exact) mass is 388 g/mol. The molecule has 5 nitrogen and oxygen atoms in total. The first-order valence-electron chi connectivity index (χ1n) is 5.69. The minimum atomic E-state index is -0.564. The lowest BCUT2D eigenvalue weighted by molar-refractivity contribution is 0.485. The van der Waals surface area contributed by atoms with Gasteiger partial charge < -0.3 is 14.9 Å². The number of hydrogen-bond donors (Lipinski definition) is 2. The molecule has 0 spiro atoms. The molecule has 108 valence electrons. The molecule has 1 aromatic heterocycles. The fourth-order valence-corrected chi connectivity index (χ4v) is 2.61. The summed E-state index contributed by atoms with van der Waals surface area (Å²) in [5.41, 5.74) is 7.01. The average Bonchev–Trinajstić information content (AvgIpc) is 2.75. The van der Waals surface area contributed by atoms with Gasteiger partial charge >= 0.3 is 5.76 Å². The van der Waals surface area contributed by atoms with Crippen molar-refractivity contribution in [1.29, 1.82) is 0 Å². The molecular formula is C13H7BrCl2N2O3. The van der Waals surface area contributed by atoms with E-state index in [0.29, 0.717) is 42.8 Å². The molecule has 0 radical (unpaired) electrons. The van der Waals surface area contributed by atoms with Gasteiger partial charge in [0.1, 0.15) is 5.75 Å². The average molecular weight is 390 g/mol. The number of ether oxygens (including phenoxy) is 1. The highest BCUT2D eigenvalue weighted by atomic mass is 79.9. The Balaban J connectivity index is 2.07. The largest absolute Gasteiger partial charge is 0.453 e. The van der Waals surface area contributed by atoms with Crippen molar-refractivity contribution in [3.63, 3.8) is 0 Å². The van der Waals surface area contributed by atoms with Gasteiger partial charge in [-0.25, -0.2) is 4.79 Å². The van der Waals surface area contributed by atoms with Crippen LogP contribution in [0.1, 0.15) is 0 Å². The van der Waals surface area contributed by atoms with Crippen LogP contribution in [0.3, 0.4) is 0 Å². The van der Waals surface area contributed by atoms with E-state index in [-0.39, 0.29) is 0 Å². The molecule has 0 saturated carbocycles. The van der Waals surface area contributed by atoms with Gasteiger partial charge in [0.05, 0.1) is 21.2 Å². The van der Waals surface area contributed by atoms with Crippen LogP contribution in [-0.2, 0) is 0 Å². The number of aromatic nitrogens is 1. The molecule has 2 aromatic carbocycles. The molecule has 0 atom stereocenters. The van der Waals surface area contributed by atoms with Crippen LogP contribution in [0.25, 0.3) is 11.1 Å². The Labute approximate surface area is 136 Å². The van der Waals surface area contributed by atoms with E-state index in [1.807, 2.05) is 0 Å². The van der Waals surface area contributed by atoms with Crippen molar-refractivity contribution in [2.75, 3.05) is 5.73 Å². The molecular weight excluding hydrogens is 383 g/mol. The highest BCUT2D eigenvalue weighted by molar-refractivity contribution is 9.10. The van der Waals surface area contributed by atoms with Crippen LogP contribution in [0.15, 0.2) is 37.9 Å². The van der Waals surface area contributed by atoms with E-state index >= 15 is 0 Å². The molecule has 21 heavy (non-hydrogen) atoms. The van der Waals surface area contributed by atoms with Crippen LogP contribution in [0.2, 0.25) is 10.0 Å². The second-order valence-corrected chi connectivity index (χ2v) is 5.87. The summed E-state index contributed by atoms with van der Waals surface area (Å²) in [7, 11) is 0. The van der Waals surface area contributed by atoms with Gasteiger partial charge in [0.15, 0.2) is 11.3 Å². The van der Waals surface area contributed by atoms with E-state index in [2.05, 4.69) is 20.9 Å². The van der Waals surface area contributed by atoms with Crippen molar-refractivity contribution in [3.05, 3.63) is 49.3 Å². The number of H-pyrrole nitrogens is 1. The third kappa shape index (κ3) is 2.74. The first-order chi connectivity index (χ1) is 9.94. The summed E-state index contributed by atoms with van der Waals surface area (Å²) < 4.78 is 11.2. The van der Waals surface area contributed by atoms with Gasteiger partial charge in [-0.05, 0) is 22.0 Å². The van der Waals surface area contributed by atoms with Crippen molar-refractivity contribution in [3.8, 4) is 11.5 Å². The summed E-state index contributed by atoms with van der Waals surface area (Å²) in [4.78, 5) is 13.7. The minimum Gasteiger partial charge on any atom is -0.453 e. The van der Waals surface area contributed by atoms with Gasteiger partial charge in [-0.2, -0.15) is 0 Å². The standard InChI is InChI=1S/C13H7BrCl2N2O3/c14-5-1-7(16)10(2-6(5)15)20-11-4-9-12(3-8(11)17)21-13(19)18-9/h1-4H,17H2,(H,18,19). The third-order valence-electron chi connectivity index (χ3n) is 2.75. The van der Waals surface area contributed by atoms with Crippen LogP contribution < -0.4 is 16.2 Å². The third-order valence-corrected chi connectivity index (χ3v) is 4.24. The normalized spacial score (nSPS) is 11.0. The number of nitrogens with one attached hydrogen (secondary N) is 1. The Bertz CT molecular complexity index is 904. The Morgan fingerprint density at radius 1 is 1.14 bits per heavy atom. The molecule has 3 rings (SSSR count). The fourth-order valence-electron chi connectivity index (χ4n) is 1.78. The smallest absolute Gasteiger partial charge is 0.417 e. The number of anilines is 1. The summed E-state index contributed by atoms with van der Waals surface area (Å²) in [5.74, 6) is 0.118. The van der Waals surface area contributed by atoms with E-state index in [0.717, 1.165) is 0 Å². The number of nitrogen functional groups attached to an aromatic ring is 1. The predicted molar refractivity (Wildman–Crippen MR) is 85.5 cm³/mol. The lowest BCUT2D eigenvalue weighted by Gasteiger charge is -2.11. The summed E-state index contributed by atoms with van der Waals surface area (Å²) in [5, 5.41) is 0.817. The molecule has 3 aromatic rings. The van der Waals surface area contributed by atoms with Gasteiger partial charge in [0, 0.05) is 22.7 Å². The maximum atomic E-state index is 11.2. The number of nitrogens with two attached hydrogens (primary N) is 1. The molecule has 0 aliphatic carbocycles. The molecule has 0 aliphatic rings. The summed E-state index contributed by atoms with van der Waals surface area (Å²) in [6.45, 7) is 0. The zero-order chi connectivity index (χ0) is 15.1. The predicted octanol–water partition coefficient (Wildman–Crippen LogP) is 4.56. The van der Waals surface area contributed by atoms with Crippen molar-refractivity contribution >= 4 is 55.9 Å². The van der Waals surface area contributed by atoms with Crippen LogP contribution in [0, 0.1) is 0 Å². The van der Waals surface area contributed by atoms with Gasteiger partial charge in [0.2, 0.25) is 0 Å². The molecule has 1 heterocycles. The minimum absolute atomic E-state index is 0.306. The van der Waals surface area contributed by atoms with Crippen molar-refractivity contribution in [2.24, 2.45) is 0 Å². The zero-order valence-corrected chi connectivity index (χ0v) is 13.3. The molecule has 0 saturated heterocycles. The Morgan fingerprint density at radius 2 is 1.90 bits per heavy atom. The Morgan fingerprint density at radius 3 is 2.67 bits per heavy atom. The maximum Gasteiger partial charge on any atom is 0.417 e. The second-order valence-electron chi connectivity index (χ2n) is 4.20. The molecule has 0 bridgehead atoms. The topological polar surface area (TPSA) is 81.2 Å². The SMILES string of the molecule is Nc1cc2oc(=O)[nH]c2cc1Oc1cc(Cl)c(Br)cc1Cl. The number of aromatic amines is 1. The highest BCUT2D eigenvalue weighted by Gasteiger charge is 2.12. The van der Waals surface area contributed by atoms with E-state index < -0.39 is 5.76 Å². The lowest BCUT2D eigenvalue weighted by atomic mass is 10.2. The van der Waals surface area contributed by atoms with E-state index in [1.165, 1.54) is 6.07 Å². The molecule has 0 amide bonds. The highest BCUT2D eigenvalue weighted by Crippen LogP contribution is 2.38. The number of oxazole rings is 1. The Hall–Kier alpha value is -1.63. The molecule has 0 fully saturated rings. The Kier molecular flexibility index (Phi) is 3.61. The number of halogens is 3. The van der Waals surface area contributed by atoms with E-state index in [9.17, 15) is 4.79 Å². The zero-order valence-electron chi connectivity index (χ0n) is 10.2. The first-order valence-corrected chi connectivity index (χ1v) is 7.23. The second kappa shape index (κ2) is 5.29. The quantitative estimate of drug-likeness (QED) is 0.497. The summed E-state index contributed by atoms with van der Waals surface area (Å²) in [6.07, 6.45) is 0. The van der Waals surface area contributed by atoms with Crippen molar-refractivity contribution in [1.82, 2.24) is 4.98 Å². The molecule has 8 heteroatoms. The first kappa shape index (κ1) is 14.3. The van der Waals surface area contributed by atoms with Crippen LogP contribution >= 0.6 is 39.1 Å². The van der Waals surface area contributed by atoms with Gasteiger partial charge in [-0.3, -0.25) is 4.98 Å². The fraction of sp³-hybridized carbons (Fsp3) is 0. The number of benzene rings is 2. The van der Waals surface area contributed by atoms with Gasteiger partial charge in [-0.1, -0.05) is 23.2 Å². The molecule has 3 N–H and O–H groups in total. The van der Waals surface area contributed by atoms with Gasteiger partial charge in [-0.15, -0.1) is 0 Å². The maximum absolute atomic E-state index is 11.2. The summed E-state index contributed by atoms with van der Waals surface area (Å²) >= 11 is 15.4. The van der Waals surface area contributed by atoms with Crippen molar-refractivity contribution < 1.29 is 9.15 Å². The van der Waals surface area contributed by atoms with Crippen LogP contribution in [0.4, 0.5) is 5.69 Å². The molecule has 0 unspecified atom stereocenters. The van der Waals surface area contributed by atoms with E-state index in [4.69, 9.17) is 38.1 Å². The number of fused-ring (bicyclic) bond motifs is 1. The van der Waals surface area contributed by atoms with E-state index in [1.54, 1.807) is 18.2 Å². The lowest BCUT2D eigenvalue weighted by Crippen LogP contribution is -1.94. The number of rotatable bonds is 2.